The molecule has 31 heavy (non-hydrogen) atoms. The van der Waals surface area contributed by atoms with Gasteiger partial charge in [0.2, 0.25) is 5.91 Å². The third kappa shape index (κ3) is 3.91. The van der Waals surface area contributed by atoms with E-state index in [0.29, 0.717) is 37.9 Å². The number of nitrogens with one attached hydrogen (secondary N) is 1. The molecule has 2 N–H and O–H groups in total. The molecular weight excluding hydrogens is 398 g/mol. The molecule has 2 heterocycles. The second-order valence-electron chi connectivity index (χ2n) is 9.01. The number of benzene rings is 1. The van der Waals surface area contributed by atoms with E-state index in [1.54, 1.807) is 17.0 Å². The lowest BCUT2D eigenvalue weighted by Crippen LogP contribution is -2.54. The van der Waals surface area contributed by atoms with Crippen molar-refractivity contribution >= 4 is 23.6 Å². The van der Waals surface area contributed by atoms with E-state index in [9.17, 15) is 24.3 Å². The van der Waals surface area contributed by atoms with Crippen LogP contribution in [0.1, 0.15) is 55.8 Å². The van der Waals surface area contributed by atoms with Gasteiger partial charge >= 0.3 is 6.03 Å². The summed E-state index contributed by atoms with van der Waals surface area (Å²) in [4.78, 5) is 53.7. The van der Waals surface area contributed by atoms with E-state index in [0.717, 1.165) is 24.2 Å². The fourth-order valence-electron chi connectivity index (χ4n) is 5.13. The molecule has 1 saturated carbocycles. The number of aromatic hydroxyl groups is 1. The fraction of sp³-hybridized carbons (Fsp3) is 0.565. The highest BCUT2D eigenvalue weighted by atomic mass is 16.3. The fourth-order valence-corrected chi connectivity index (χ4v) is 5.13. The first kappa shape index (κ1) is 21.3. The highest BCUT2D eigenvalue weighted by Crippen LogP contribution is 2.38. The van der Waals surface area contributed by atoms with Gasteiger partial charge in [-0.1, -0.05) is 19.8 Å². The Kier molecular flexibility index (Phi) is 5.73. The number of amides is 4. The van der Waals surface area contributed by atoms with Crippen LogP contribution in [0.2, 0.25) is 0 Å². The molecule has 3 fully saturated rings. The van der Waals surface area contributed by atoms with Crippen molar-refractivity contribution in [3.63, 3.8) is 0 Å². The lowest BCUT2D eigenvalue weighted by molar-refractivity contribution is -0.141. The SMILES string of the molecule is C[C@H]1CCCC[C@]12NC(=O)N(CC(=O)N1CCC(C(=O)c3ccc(O)cc3)CC1)C2=O. The van der Waals surface area contributed by atoms with Gasteiger partial charge < -0.3 is 15.3 Å². The number of phenols is 1. The molecular formula is C23H29N3O5. The topological polar surface area (TPSA) is 107 Å². The molecule has 1 aliphatic carbocycles. The maximum Gasteiger partial charge on any atom is 0.325 e. The van der Waals surface area contributed by atoms with E-state index >= 15 is 0 Å². The molecule has 0 unspecified atom stereocenters. The van der Waals surface area contributed by atoms with Crippen LogP contribution in [0.25, 0.3) is 0 Å². The number of ketones is 1. The van der Waals surface area contributed by atoms with Gasteiger partial charge in [-0.2, -0.15) is 0 Å². The summed E-state index contributed by atoms with van der Waals surface area (Å²) in [5.74, 6) is -0.553. The first-order valence-corrected chi connectivity index (χ1v) is 11.1. The summed E-state index contributed by atoms with van der Waals surface area (Å²) in [6.45, 7) is 2.56. The maximum atomic E-state index is 13.1. The van der Waals surface area contributed by atoms with Gasteiger partial charge in [-0.25, -0.2) is 4.79 Å². The van der Waals surface area contributed by atoms with Gasteiger partial charge in [0.05, 0.1) is 0 Å². The Labute approximate surface area is 181 Å². The summed E-state index contributed by atoms with van der Waals surface area (Å²) < 4.78 is 0. The van der Waals surface area contributed by atoms with Crippen molar-refractivity contribution in [3.8, 4) is 5.75 Å². The summed E-state index contributed by atoms with van der Waals surface area (Å²) in [6, 6.07) is 5.71. The molecule has 1 aromatic rings. The maximum absolute atomic E-state index is 13.1. The number of imide groups is 1. The summed E-state index contributed by atoms with van der Waals surface area (Å²) in [5.41, 5.74) is -0.312. The number of phenolic OH excluding ortho intramolecular Hbond substituents is 1. The molecule has 0 radical (unpaired) electrons. The molecule has 166 valence electrons. The van der Waals surface area contributed by atoms with Crippen molar-refractivity contribution in [1.82, 2.24) is 15.1 Å². The van der Waals surface area contributed by atoms with Crippen LogP contribution < -0.4 is 5.32 Å². The van der Waals surface area contributed by atoms with Gasteiger partial charge in [-0.15, -0.1) is 0 Å². The highest BCUT2D eigenvalue weighted by Gasteiger charge is 2.55. The second-order valence-corrected chi connectivity index (χ2v) is 9.01. The number of carbonyl (C=O) groups excluding carboxylic acids is 4. The van der Waals surface area contributed by atoms with Crippen LogP contribution in [0.15, 0.2) is 24.3 Å². The van der Waals surface area contributed by atoms with E-state index in [2.05, 4.69) is 5.32 Å². The quantitative estimate of drug-likeness (QED) is 0.566. The van der Waals surface area contributed by atoms with Crippen LogP contribution in [-0.2, 0) is 9.59 Å². The number of urea groups is 1. The van der Waals surface area contributed by atoms with Crippen molar-refractivity contribution < 1.29 is 24.3 Å². The Morgan fingerprint density at radius 1 is 1.10 bits per heavy atom. The largest absolute Gasteiger partial charge is 0.508 e. The van der Waals surface area contributed by atoms with Crippen LogP contribution in [0.5, 0.6) is 5.75 Å². The number of rotatable bonds is 4. The minimum absolute atomic E-state index is 0.00873. The van der Waals surface area contributed by atoms with E-state index in [1.165, 1.54) is 12.1 Å². The number of hydrogen-bond donors (Lipinski definition) is 2. The third-order valence-electron chi connectivity index (χ3n) is 7.17. The van der Waals surface area contributed by atoms with E-state index in [1.807, 2.05) is 6.92 Å². The molecule has 8 nitrogen and oxygen atoms in total. The number of nitrogens with zero attached hydrogens (tertiary/aromatic N) is 2. The lowest BCUT2D eigenvalue weighted by Gasteiger charge is -2.37. The summed E-state index contributed by atoms with van der Waals surface area (Å²) >= 11 is 0. The molecule has 2 saturated heterocycles. The molecule has 4 amide bonds. The Balaban J connectivity index is 1.34. The molecule has 1 spiro atoms. The molecule has 0 aromatic heterocycles. The summed E-state index contributed by atoms with van der Waals surface area (Å²) in [5, 5.41) is 12.3. The number of Topliss-reactive ketones (excluding diaryl/α,β-unsaturated/α-hetero) is 1. The van der Waals surface area contributed by atoms with Crippen LogP contribution >= 0.6 is 0 Å². The van der Waals surface area contributed by atoms with Gasteiger partial charge in [0.1, 0.15) is 17.8 Å². The van der Waals surface area contributed by atoms with Gasteiger partial charge in [-0.3, -0.25) is 19.3 Å². The van der Waals surface area contributed by atoms with E-state index in [-0.39, 0.29) is 41.7 Å². The van der Waals surface area contributed by atoms with E-state index < -0.39 is 11.6 Å². The van der Waals surface area contributed by atoms with Gasteiger partial charge in [0.25, 0.3) is 5.91 Å². The van der Waals surface area contributed by atoms with Gasteiger partial charge in [-0.05, 0) is 55.9 Å². The van der Waals surface area contributed by atoms with Gasteiger partial charge in [0.15, 0.2) is 5.78 Å². The first-order chi connectivity index (χ1) is 14.8. The summed E-state index contributed by atoms with van der Waals surface area (Å²) in [7, 11) is 0. The molecule has 1 aromatic carbocycles. The zero-order valence-electron chi connectivity index (χ0n) is 17.8. The van der Waals surface area contributed by atoms with Crippen LogP contribution in [0.4, 0.5) is 4.79 Å². The number of carbonyl (C=O) groups is 4. The normalized spacial score (nSPS) is 26.9. The van der Waals surface area contributed by atoms with Crippen LogP contribution in [0.3, 0.4) is 0 Å². The molecule has 2 aliphatic heterocycles. The number of piperidine rings is 1. The van der Waals surface area contributed by atoms with Crippen molar-refractivity contribution in [2.75, 3.05) is 19.6 Å². The monoisotopic (exact) mass is 427 g/mol. The minimum atomic E-state index is -0.862. The van der Waals surface area contributed by atoms with Crippen molar-refractivity contribution in [2.24, 2.45) is 11.8 Å². The molecule has 3 aliphatic rings. The predicted octanol–water partition coefficient (Wildman–Crippen LogP) is 2.31. The Hall–Kier alpha value is -2.90. The average molecular weight is 428 g/mol. The average Bonchev–Trinajstić information content (AvgIpc) is 3.01. The highest BCUT2D eigenvalue weighted by molar-refractivity contribution is 6.09. The molecule has 8 heteroatoms. The Morgan fingerprint density at radius 3 is 2.42 bits per heavy atom. The minimum Gasteiger partial charge on any atom is -0.508 e. The number of likely N-dealkylation sites (tertiary alicyclic amines) is 1. The molecule has 2 atom stereocenters. The Morgan fingerprint density at radius 2 is 1.77 bits per heavy atom. The third-order valence-corrected chi connectivity index (χ3v) is 7.17. The van der Waals surface area contributed by atoms with E-state index in [4.69, 9.17) is 0 Å². The van der Waals surface area contributed by atoms with Crippen molar-refractivity contribution in [1.29, 1.82) is 0 Å². The zero-order valence-corrected chi connectivity index (χ0v) is 17.8. The molecule has 0 bridgehead atoms. The Bertz CT molecular complexity index is 891. The van der Waals surface area contributed by atoms with Gasteiger partial charge in [0, 0.05) is 24.6 Å². The van der Waals surface area contributed by atoms with Crippen LogP contribution in [-0.4, -0.2) is 63.7 Å². The molecule has 4 rings (SSSR count). The standard InChI is InChI=1S/C23H29N3O5/c1-15-4-2-3-11-23(15)21(30)26(22(31)24-23)14-19(28)25-12-9-17(10-13-25)20(29)16-5-7-18(27)8-6-16/h5-8,15,17,27H,2-4,9-14H2,1H3,(H,24,31)/t15-,23-/m0/s1. The predicted molar refractivity (Wildman–Crippen MR) is 112 cm³/mol. The second kappa shape index (κ2) is 8.32. The first-order valence-electron chi connectivity index (χ1n) is 11.1. The summed E-state index contributed by atoms with van der Waals surface area (Å²) in [6.07, 6.45) is 4.51. The zero-order chi connectivity index (χ0) is 22.2. The number of hydrogen-bond acceptors (Lipinski definition) is 5. The van der Waals surface area contributed by atoms with Crippen molar-refractivity contribution in [2.45, 2.75) is 51.0 Å². The smallest absolute Gasteiger partial charge is 0.325 e. The lowest BCUT2D eigenvalue weighted by atomic mass is 9.73. The van der Waals surface area contributed by atoms with Crippen LogP contribution in [0, 0.1) is 11.8 Å². The van der Waals surface area contributed by atoms with Crippen molar-refractivity contribution in [3.05, 3.63) is 29.8 Å².